The predicted octanol–water partition coefficient (Wildman–Crippen LogP) is 2.77. The lowest BCUT2D eigenvalue weighted by atomic mass is 10.0. The van der Waals surface area contributed by atoms with Crippen LogP contribution < -0.4 is 5.73 Å². The van der Waals surface area contributed by atoms with Crippen molar-refractivity contribution in [3.05, 3.63) is 59.9 Å². The van der Waals surface area contributed by atoms with E-state index in [0.29, 0.717) is 34.9 Å². The summed E-state index contributed by atoms with van der Waals surface area (Å²) in [5, 5.41) is 0.478. The van der Waals surface area contributed by atoms with Crippen LogP contribution in [0, 0.1) is 0 Å². The lowest BCUT2D eigenvalue weighted by molar-refractivity contribution is -0.120. The molecule has 0 radical (unpaired) electrons. The quantitative estimate of drug-likeness (QED) is 0.779. The van der Waals surface area contributed by atoms with Gasteiger partial charge in [0.15, 0.2) is 0 Å². The molecule has 2 N–H and O–H groups in total. The van der Waals surface area contributed by atoms with Gasteiger partial charge in [0.1, 0.15) is 0 Å². The standard InChI is InChI=1S/C18H14ClN5O/c19-13-9-22-7-3-12(13)16-15(11-2-1-6-21-8-11)24-14(10-23-16)18(4-5-18)17(20)25/h1-3,6-10H,4-5H2,(H2,20,25). The van der Waals surface area contributed by atoms with E-state index in [1.165, 1.54) is 0 Å². The maximum atomic E-state index is 11.9. The molecule has 1 saturated carbocycles. The first-order chi connectivity index (χ1) is 12.1. The van der Waals surface area contributed by atoms with Crippen LogP contribution in [0.2, 0.25) is 5.02 Å². The average molecular weight is 352 g/mol. The number of rotatable bonds is 4. The Morgan fingerprint density at radius 2 is 1.88 bits per heavy atom. The van der Waals surface area contributed by atoms with Crippen LogP contribution in [-0.2, 0) is 10.2 Å². The van der Waals surface area contributed by atoms with E-state index >= 15 is 0 Å². The SMILES string of the molecule is NC(=O)C1(c2cnc(-c3ccncc3Cl)c(-c3cccnc3)n2)CC1. The summed E-state index contributed by atoms with van der Waals surface area (Å²) >= 11 is 6.29. The second-order valence-electron chi connectivity index (χ2n) is 6.00. The minimum atomic E-state index is -0.704. The van der Waals surface area contributed by atoms with Crippen LogP contribution in [-0.4, -0.2) is 25.8 Å². The van der Waals surface area contributed by atoms with Crippen LogP contribution in [0.15, 0.2) is 49.2 Å². The van der Waals surface area contributed by atoms with Gasteiger partial charge in [0.05, 0.1) is 33.7 Å². The van der Waals surface area contributed by atoms with Crippen LogP contribution >= 0.6 is 11.6 Å². The molecule has 0 spiro atoms. The zero-order valence-electron chi connectivity index (χ0n) is 13.2. The maximum absolute atomic E-state index is 11.9. The molecule has 1 fully saturated rings. The molecule has 0 aliphatic heterocycles. The summed E-state index contributed by atoms with van der Waals surface area (Å²) in [4.78, 5) is 29.3. The van der Waals surface area contributed by atoms with E-state index in [2.05, 4.69) is 15.0 Å². The van der Waals surface area contributed by atoms with Gasteiger partial charge < -0.3 is 5.73 Å². The van der Waals surface area contributed by atoms with Crippen LogP contribution in [0.3, 0.4) is 0 Å². The van der Waals surface area contributed by atoms with E-state index in [0.717, 1.165) is 11.1 Å². The fourth-order valence-electron chi connectivity index (χ4n) is 2.84. The van der Waals surface area contributed by atoms with Gasteiger partial charge in [0, 0.05) is 35.9 Å². The van der Waals surface area contributed by atoms with E-state index in [4.69, 9.17) is 22.3 Å². The van der Waals surface area contributed by atoms with E-state index < -0.39 is 5.41 Å². The molecule has 4 rings (SSSR count). The number of aromatic nitrogens is 4. The highest BCUT2D eigenvalue weighted by Gasteiger charge is 2.52. The van der Waals surface area contributed by atoms with Gasteiger partial charge in [-0.1, -0.05) is 11.6 Å². The molecule has 0 atom stereocenters. The van der Waals surface area contributed by atoms with Crippen LogP contribution in [0.1, 0.15) is 18.5 Å². The zero-order valence-corrected chi connectivity index (χ0v) is 13.9. The first-order valence-corrected chi connectivity index (χ1v) is 8.17. The molecule has 0 saturated heterocycles. The van der Waals surface area contributed by atoms with E-state index in [9.17, 15) is 4.79 Å². The van der Waals surface area contributed by atoms with Crippen molar-refractivity contribution in [1.29, 1.82) is 0 Å². The van der Waals surface area contributed by atoms with Gasteiger partial charge in [-0.2, -0.15) is 0 Å². The summed E-state index contributed by atoms with van der Waals surface area (Å²) in [5.74, 6) is -0.367. The lowest BCUT2D eigenvalue weighted by Gasteiger charge is -2.15. The highest BCUT2D eigenvalue weighted by Crippen LogP contribution is 2.47. The molecule has 1 aliphatic rings. The van der Waals surface area contributed by atoms with Gasteiger partial charge in [-0.15, -0.1) is 0 Å². The monoisotopic (exact) mass is 351 g/mol. The number of primary amides is 1. The second kappa shape index (κ2) is 5.89. The number of nitrogens with two attached hydrogens (primary N) is 1. The summed E-state index contributed by atoms with van der Waals surface area (Å²) < 4.78 is 0. The molecule has 3 aromatic rings. The Balaban J connectivity index is 1.94. The Morgan fingerprint density at radius 3 is 2.52 bits per heavy atom. The van der Waals surface area contributed by atoms with Crippen molar-refractivity contribution in [2.45, 2.75) is 18.3 Å². The predicted molar refractivity (Wildman–Crippen MR) is 93.6 cm³/mol. The first kappa shape index (κ1) is 15.7. The fraction of sp³-hybridized carbons (Fsp3) is 0.167. The second-order valence-corrected chi connectivity index (χ2v) is 6.40. The Bertz CT molecular complexity index is 957. The number of hydrogen-bond acceptors (Lipinski definition) is 5. The van der Waals surface area contributed by atoms with E-state index in [-0.39, 0.29) is 5.91 Å². The summed E-state index contributed by atoms with van der Waals surface area (Å²) in [6.07, 6.45) is 9.60. The Kier molecular flexibility index (Phi) is 3.69. The minimum Gasteiger partial charge on any atom is -0.369 e. The Labute approximate surface area is 149 Å². The Hall–Kier alpha value is -2.86. The third-order valence-electron chi connectivity index (χ3n) is 4.45. The van der Waals surface area contributed by atoms with Gasteiger partial charge in [0.25, 0.3) is 0 Å². The summed E-state index contributed by atoms with van der Waals surface area (Å²) in [7, 11) is 0. The largest absolute Gasteiger partial charge is 0.369 e. The molecule has 0 aromatic carbocycles. The van der Waals surface area contributed by atoms with E-state index in [1.807, 2.05) is 12.1 Å². The normalized spacial score (nSPS) is 14.9. The number of carbonyl (C=O) groups excluding carboxylic acids is 1. The number of amides is 1. The molecule has 0 unspecified atom stereocenters. The number of nitrogens with zero attached hydrogens (tertiary/aromatic N) is 4. The number of carbonyl (C=O) groups is 1. The topological polar surface area (TPSA) is 94.7 Å². The molecule has 0 bridgehead atoms. The molecule has 1 amide bonds. The Morgan fingerprint density at radius 1 is 1.08 bits per heavy atom. The molecule has 3 heterocycles. The van der Waals surface area contributed by atoms with Gasteiger partial charge >= 0.3 is 0 Å². The summed E-state index contributed by atoms with van der Waals surface area (Å²) in [6.45, 7) is 0. The third-order valence-corrected chi connectivity index (χ3v) is 4.75. The number of pyridine rings is 2. The molecule has 7 heteroatoms. The van der Waals surface area contributed by atoms with Crippen LogP contribution in [0.4, 0.5) is 0 Å². The minimum absolute atomic E-state index is 0.367. The van der Waals surface area contributed by atoms with Crippen molar-refractivity contribution in [3.63, 3.8) is 0 Å². The number of halogens is 1. The lowest BCUT2D eigenvalue weighted by Crippen LogP contribution is -2.29. The molecular formula is C18H14ClN5O. The molecular weight excluding hydrogens is 338 g/mol. The van der Waals surface area contributed by atoms with Crippen molar-refractivity contribution in [2.24, 2.45) is 5.73 Å². The molecule has 25 heavy (non-hydrogen) atoms. The van der Waals surface area contributed by atoms with Crippen LogP contribution in [0.25, 0.3) is 22.5 Å². The van der Waals surface area contributed by atoms with Crippen molar-refractivity contribution < 1.29 is 4.79 Å². The van der Waals surface area contributed by atoms with Crippen molar-refractivity contribution >= 4 is 17.5 Å². The number of hydrogen-bond donors (Lipinski definition) is 1. The molecule has 6 nitrogen and oxygen atoms in total. The maximum Gasteiger partial charge on any atom is 0.229 e. The average Bonchev–Trinajstić information content (AvgIpc) is 3.45. The summed E-state index contributed by atoms with van der Waals surface area (Å²) in [5.41, 5.74) is 8.21. The third kappa shape index (κ3) is 2.64. The molecule has 124 valence electrons. The highest BCUT2D eigenvalue weighted by atomic mass is 35.5. The van der Waals surface area contributed by atoms with Gasteiger partial charge in [-0.25, -0.2) is 4.98 Å². The fourth-order valence-corrected chi connectivity index (χ4v) is 3.05. The molecule has 3 aromatic heterocycles. The van der Waals surface area contributed by atoms with Gasteiger partial charge in [-0.3, -0.25) is 19.7 Å². The molecule has 1 aliphatic carbocycles. The van der Waals surface area contributed by atoms with Crippen LogP contribution in [0.5, 0.6) is 0 Å². The smallest absolute Gasteiger partial charge is 0.229 e. The van der Waals surface area contributed by atoms with Crippen molar-refractivity contribution in [3.8, 4) is 22.5 Å². The van der Waals surface area contributed by atoms with Gasteiger partial charge in [-0.05, 0) is 31.0 Å². The summed E-state index contributed by atoms with van der Waals surface area (Å²) in [6, 6.07) is 5.50. The highest BCUT2D eigenvalue weighted by molar-refractivity contribution is 6.33. The van der Waals surface area contributed by atoms with Crippen molar-refractivity contribution in [1.82, 2.24) is 19.9 Å². The van der Waals surface area contributed by atoms with E-state index in [1.54, 1.807) is 37.1 Å². The van der Waals surface area contributed by atoms with Crippen molar-refractivity contribution in [2.75, 3.05) is 0 Å². The zero-order chi connectivity index (χ0) is 17.4. The van der Waals surface area contributed by atoms with Gasteiger partial charge in [0.2, 0.25) is 5.91 Å². The first-order valence-electron chi connectivity index (χ1n) is 7.79.